The van der Waals surface area contributed by atoms with Crippen molar-refractivity contribution < 1.29 is 13.2 Å². The maximum Gasteiger partial charge on any atom is 0.433 e. The van der Waals surface area contributed by atoms with Gasteiger partial charge in [0.15, 0.2) is 0 Å². The molecule has 2 nitrogen and oxygen atoms in total. The summed E-state index contributed by atoms with van der Waals surface area (Å²) in [6, 6.07) is 3.85. The second-order valence-electron chi connectivity index (χ2n) is 2.55. The van der Waals surface area contributed by atoms with Gasteiger partial charge >= 0.3 is 6.18 Å². The molecular formula is C8H4F3N2. The number of alkyl halides is 3. The first-order valence-electron chi connectivity index (χ1n) is 3.50. The van der Waals surface area contributed by atoms with E-state index < -0.39 is 11.9 Å². The van der Waals surface area contributed by atoms with Crippen molar-refractivity contribution in [1.82, 2.24) is 9.97 Å². The van der Waals surface area contributed by atoms with Crippen molar-refractivity contribution in [2.24, 2.45) is 0 Å². The second-order valence-corrected chi connectivity index (χ2v) is 2.55. The van der Waals surface area contributed by atoms with Gasteiger partial charge in [0.25, 0.3) is 0 Å². The third-order valence-electron chi connectivity index (χ3n) is 1.64. The number of nitrogens with one attached hydrogen (secondary N) is 1. The Bertz CT molecular complexity index is 430. The number of pyridine rings is 1. The Hall–Kier alpha value is -1.52. The Morgan fingerprint density at radius 3 is 2.77 bits per heavy atom. The number of aromatic amines is 1. The van der Waals surface area contributed by atoms with E-state index in [1.807, 2.05) is 0 Å². The lowest BCUT2D eigenvalue weighted by atomic mass is 10.3. The summed E-state index contributed by atoms with van der Waals surface area (Å²) in [6.45, 7) is 0. The van der Waals surface area contributed by atoms with Crippen molar-refractivity contribution in [1.29, 1.82) is 0 Å². The van der Waals surface area contributed by atoms with Crippen LogP contribution in [0.2, 0.25) is 0 Å². The summed E-state index contributed by atoms with van der Waals surface area (Å²) in [5, 5.41) is 0.619. The molecule has 0 spiro atoms. The number of H-pyrrole nitrogens is 1. The number of hydrogen-bond acceptors (Lipinski definition) is 1. The molecule has 0 aliphatic carbocycles. The molecule has 5 heteroatoms. The van der Waals surface area contributed by atoms with Gasteiger partial charge in [-0.25, -0.2) is 4.98 Å². The molecule has 2 aromatic rings. The van der Waals surface area contributed by atoms with Gasteiger partial charge in [-0.05, 0) is 18.2 Å². The lowest BCUT2D eigenvalue weighted by Gasteiger charge is -2.04. The molecule has 13 heavy (non-hydrogen) atoms. The fourth-order valence-electron chi connectivity index (χ4n) is 1.03. The van der Waals surface area contributed by atoms with E-state index in [-0.39, 0.29) is 5.65 Å². The minimum absolute atomic E-state index is 0.204. The minimum atomic E-state index is -4.39. The van der Waals surface area contributed by atoms with Crippen LogP contribution in [-0.2, 0) is 6.18 Å². The van der Waals surface area contributed by atoms with Gasteiger partial charge in [0.2, 0.25) is 0 Å². The van der Waals surface area contributed by atoms with Crippen LogP contribution in [0.5, 0.6) is 0 Å². The average molecular weight is 185 g/mol. The summed E-state index contributed by atoms with van der Waals surface area (Å²) in [7, 11) is 0. The molecule has 0 unspecified atom stereocenters. The quantitative estimate of drug-likeness (QED) is 0.670. The summed E-state index contributed by atoms with van der Waals surface area (Å²) >= 11 is 0. The Kier molecular flexibility index (Phi) is 1.55. The molecule has 2 aromatic heterocycles. The van der Waals surface area contributed by atoms with E-state index in [9.17, 15) is 13.2 Å². The van der Waals surface area contributed by atoms with Crippen LogP contribution in [0.15, 0.2) is 18.2 Å². The van der Waals surface area contributed by atoms with Crippen molar-refractivity contribution in [2.45, 2.75) is 6.18 Å². The Morgan fingerprint density at radius 1 is 1.31 bits per heavy atom. The zero-order chi connectivity index (χ0) is 9.47. The van der Waals surface area contributed by atoms with Gasteiger partial charge in [-0.2, -0.15) is 13.2 Å². The van der Waals surface area contributed by atoms with Crippen LogP contribution in [0, 0.1) is 6.20 Å². The molecular weight excluding hydrogens is 181 g/mol. The van der Waals surface area contributed by atoms with E-state index >= 15 is 0 Å². The summed E-state index contributed by atoms with van der Waals surface area (Å²) in [5.74, 6) is 0. The highest BCUT2D eigenvalue weighted by molar-refractivity contribution is 5.75. The smallest absolute Gasteiger partial charge is 0.338 e. The highest BCUT2D eigenvalue weighted by Gasteiger charge is 2.32. The molecule has 0 aromatic carbocycles. The standard InChI is InChI=1S/C8H4F3N2/c9-8(10,11)6-2-1-5-3-4-12-7(5)13-6/h1-3H,(H,12,13). The molecule has 67 valence electrons. The molecule has 0 bridgehead atoms. The van der Waals surface area contributed by atoms with E-state index in [0.717, 1.165) is 6.07 Å². The van der Waals surface area contributed by atoms with Crippen LogP contribution >= 0.6 is 0 Å². The Labute approximate surface area is 71.4 Å². The zero-order valence-electron chi connectivity index (χ0n) is 6.31. The first-order valence-corrected chi connectivity index (χ1v) is 3.50. The van der Waals surface area contributed by atoms with E-state index in [1.165, 1.54) is 6.07 Å². The van der Waals surface area contributed by atoms with E-state index in [1.54, 1.807) is 6.07 Å². The van der Waals surface area contributed by atoms with Gasteiger partial charge < -0.3 is 4.98 Å². The molecule has 1 N–H and O–H groups in total. The van der Waals surface area contributed by atoms with Gasteiger partial charge in [0.05, 0.1) is 6.20 Å². The first-order chi connectivity index (χ1) is 6.07. The van der Waals surface area contributed by atoms with Crippen molar-refractivity contribution >= 4 is 11.0 Å². The molecule has 0 atom stereocenters. The molecule has 1 radical (unpaired) electrons. The molecule has 0 saturated heterocycles. The highest BCUT2D eigenvalue weighted by atomic mass is 19.4. The fourth-order valence-corrected chi connectivity index (χ4v) is 1.03. The van der Waals surface area contributed by atoms with Crippen molar-refractivity contribution in [3.63, 3.8) is 0 Å². The van der Waals surface area contributed by atoms with Gasteiger partial charge in [0.1, 0.15) is 11.3 Å². The van der Waals surface area contributed by atoms with Crippen LogP contribution in [0.4, 0.5) is 13.2 Å². The van der Waals surface area contributed by atoms with E-state index in [0.29, 0.717) is 5.39 Å². The largest absolute Gasteiger partial charge is 0.433 e. The summed E-state index contributed by atoms with van der Waals surface area (Å²) in [6.07, 6.45) is -1.83. The first kappa shape index (κ1) is 8.10. The molecule has 0 amide bonds. The highest BCUT2D eigenvalue weighted by Crippen LogP contribution is 2.28. The Morgan fingerprint density at radius 2 is 2.08 bits per heavy atom. The van der Waals surface area contributed by atoms with Gasteiger partial charge in [-0.1, -0.05) is 0 Å². The number of hydrogen-bond donors (Lipinski definition) is 1. The number of nitrogens with zero attached hydrogens (tertiary/aromatic N) is 1. The van der Waals surface area contributed by atoms with Gasteiger partial charge in [0, 0.05) is 5.39 Å². The molecule has 0 saturated carbocycles. The number of rotatable bonds is 0. The van der Waals surface area contributed by atoms with E-state index in [4.69, 9.17) is 0 Å². The maximum absolute atomic E-state index is 12.1. The molecule has 0 fully saturated rings. The summed E-state index contributed by atoms with van der Waals surface area (Å²) in [5.41, 5.74) is -0.689. The lowest BCUT2D eigenvalue weighted by Crippen LogP contribution is -2.07. The Balaban J connectivity index is 2.61. The van der Waals surface area contributed by atoms with Crippen LogP contribution in [0.3, 0.4) is 0 Å². The zero-order valence-corrected chi connectivity index (χ0v) is 6.31. The van der Waals surface area contributed by atoms with Crippen LogP contribution in [0.1, 0.15) is 5.69 Å². The van der Waals surface area contributed by atoms with E-state index in [2.05, 4.69) is 16.2 Å². The average Bonchev–Trinajstić information content (AvgIpc) is 2.47. The van der Waals surface area contributed by atoms with Crippen LogP contribution in [-0.4, -0.2) is 9.97 Å². The summed E-state index contributed by atoms with van der Waals surface area (Å²) < 4.78 is 36.4. The third-order valence-corrected chi connectivity index (χ3v) is 1.64. The van der Waals surface area contributed by atoms with Gasteiger partial charge in [-0.3, -0.25) is 0 Å². The number of fused-ring (bicyclic) bond motifs is 1. The van der Waals surface area contributed by atoms with Gasteiger partial charge in [-0.15, -0.1) is 0 Å². The number of aromatic nitrogens is 2. The minimum Gasteiger partial charge on any atom is -0.338 e. The SMILES string of the molecule is FC(F)(F)c1ccc2c[c][nH]c2n1. The molecule has 2 rings (SSSR count). The van der Waals surface area contributed by atoms with Crippen LogP contribution in [0.25, 0.3) is 11.0 Å². The van der Waals surface area contributed by atoms with Crippen molar-refractivity contribution in [3.05, 3.63) is 30.1 Å². The summed E-state index contributed by atoms with van der Waals surface area (Å²) in [4.78, 5) is 5.89. The van der Waals surface area contributed by atoms with Crippen LogP contribution < -0.4 is 0 Å². The topological polar surface area (TPSA) is 28.7 Å². The molecule has 2 heterocycles. The van der Waals surface area contributed by atoms with Crippen molar-refractivity contribution in [3.8, 4) is 0 Å². The number of halogens is 3. The fraction of sp³-hybridized carbons (Fsp3) is 0.125. The lowest BCUT2D eigenvalue weighted by molar-refractivity contribution is -0.141. The second kappa shape index (κ2) is 2.48. The van der Waals surface area contributed by atoms with Crippen molar-refractivity contribution in [2.75, 3.05) is 0 Å². The molecule has 0 aliphatic heterocycles. The predicted molar refractivity (Wildman–Crippen MR) is 39.9 cm³/mol. The molecule has 0 aliphatic rings. The third kappa shape index (κ3) is 1.37. The maximum atomic E-state index is 12.1. The normalized spacial score (nSPS) is 12.2. The monoisotopic (exact) mass is 185 g/mol. The predicted octanol–water partition coefficient (Wildman–Crippen LogP) is 2.38.